The molecule has 0 atom stereocenters. The summed E-state index contributed by atoms with van der Waals surface area (Å²) >= 11 is 0. The summed E-state index contributed by atoms with van der Waals surface area (Å²) < 4.78 is 0. The van der Waals surface area contributed by atoms with Gasteiger partial charge in [-0.2, -0.15) is 0 Å². The van der Waals surface area contributed by atoms with E-state index in [4.69, 9.17) is 0 Å². The van der Waals surface area contributed by atoms with Crippen LogP contribution in [0.15, 0.2) is 285 Å². The second-order valence-electron chi connectivity index (χ2n) is 18.3. The predicted molar refractivity (Wildman–Crippen MR) is 287 cm³/mol. The lowest BCUT2D eigenvalue weighted by atomic mass is 9.67. The lowest BCUT2D eigenvalue weighted by Crippen LogP contribution is -2.28. The first-order valence-corrected chi connectivity index (χ1v) is 24.0. The Labute approximate surface area is 404 Å². The van der Waals surface area contributed by atoms with E-state index in [-0.39, 0.29) is 0 Å². The fourth-order valence-electron chi connectivity index (χ4n) is 12.0. The number of hydrogen-bond donors (Lipinski definition) is 0. The van der Waals surface area contributed by atoms with E-state index in [1.54, 1.807) is 0 Å². The van der Waals surface area contributed by atoms with Crippen molar-refractivity contribution in [1.82, 2.24) is 0 Å². The summed E-state index contributed by atoms with van der Waals surface area (Å²) in [5, 5.41) is 0. The van der Waals surface area contributed by atoms with Gasteiger partial charge in [0, 0.05) is 16.9 Å². The van der Waals surface area contributed by atoms with Gasteiger partial charge in [-0.05, 0) is 120 Å². The number of hydrogen-bond acceptors (Lipinski definition) is 1. The van der Waals surface area contributed by atoms with Crippen molar-refractivity contribution in [2.24, 2.45) is 0 Å². The van der Waals surface area contributed by atoms with E-state index in [0.717, 1.165) is 28.2 Å². The molecule has 0 fully saturated rings. The minimum atomic E-state index is -0.497. The summed E-state index contributed by atoms with van der Waals surface area (Å²) in [6.07, 6.45) is 0. The molecule has 0 aliphatic heterocycles. The summed E-state index contributed by atoms with van der Waals surface area (Å²) in [7, 11) is 0. The first-order chi connectivity index (χ1) is 34.2. The van der Waals surface area contributed by atoms with E-state index in [1.165, 1.54) is 77.9 Å². The van der Waals surface area contributed by atoms with Crippen LogP contribution < -0.4 is 4.90 Å². The molecule has 0 heterocycles. The smallest absolute Gasteiger partial charge is 0.0713 e. The molecule has 324 valence electrons. The number of anilines is 3. The molecular weight excluding hydrogens is 831 g/mol. The Morgan fingerprint density at radius 3 is 1.13 bits per heavy atom. The first kappa shape index (κ1) is 40.5. The van der Waals surface area contributed by atoms with Crippen LogP contribution in [0.1, 0.15) is 44.5 Å². The van der Waals surface area contributed by atoms with Crippen LogP contribution in [0.5, 0.6) is 0 Å². The normalized spacial score (nSPS) is 13.4. The van der Waals surface area contributed by atoms with E-state index in [0.29, 0.717) is 0 Å². The van der Waals surface area contributed by atoms with Crippen LogP contribution in [0.25, 0.3) is 44.5 Å². The molecule has 11 aromatic carbocycles. The van der Waals surface area contributed by atoms with Gasteiger partial charge in [0.15, 0.2) is 0 Å². The molecule has 0 unspecified atom stereocenters. The van der Waals surface area contributed by atoms with Crippen LogP contribution >= 0.6 is 0 Å². The molecule has 1 heteroatoms. The summed E-state index contributed by atoms with van der Waals surface area (Å²) in [4.78, 5) is 2.48. The monoisotopic (exact) mass is 877 g/mol. The van der Waals surface area contributed by atoms with Crippen molar-refractivity contribution in [2.75, 3.05) is 4.90 Å². The van der Waals surface area contributed by atoms with Gasteiger partial charge < -0.3 is 4.90 Å². The van der Waals surface area contributed by atoms with Gasteiger partial charge in [0.1, 0.15) is 0 Å². The van der Waals surface area contributed by atoms with Gasteiger partial charge in [-0.3, -0.25) is 0 Å². The second-order valence-corrected chi connectivity index (χ2v) is 18.3. The maximum atomic E-state index is 2.48. The lowest BCUT2D eigenvalue weighted by molar-refractivity contribution is 0.768. The zero-order valence-corrected chi connectivity index (χ0v) is 38.1. The van der Waals surface area contributed by atoms with E-state index in [9.17, 15) is 0 Å². The molecule has 0 N–H and O–H groups in total. The summed E-state index contributed by atoms with van der Waals surface area (Å²) in [5.41, 5.74) is 22.3. The third-order valence-electron chi connectivity index (χ3n) is 14.8. The van der Waals surface area contributed by atoms with Crippen molar-refractivity contribution >= 4 is 17.1 Å². The molecule has 69 heavy (non-hydrogen) atoms. The van der Waals surface area contributed by atoms with Crippen LogP contribution in [0, 0.1) is 0 Å². The van der Waals surface area contributed by atoms with Gasteiger partial charge in [0.05, 0.1) is 16.5 Å². The molecule has 1 nitrogen and oxygen atoms in total. The quantitative estimate of drug-likeness (QED) is 0.140. The van der Waals surface area contributed by atoms with Crippen LogP contribution in [0.2, 0.25) is 0 Å². The molecule has 0 spiro atoms. The van der Waals surface area contributed by atoms with Gasteiger partial charge in [-0.1, -0.05) is 249 Å². The Bertz CT molecular complexity index is 3570. The number of fused-ring (bicyclic) bond motifs is 6. The lowest BCUT2D eigenvalue weighted by Gasteiger charge is -2.35. The van der Waals surface area contributed by atoms with Crippen LogP contribution in [-0.4, -0.2) is 0 Å². The largest absolute Gasteiger partial charge is 0.310 e. The Hall–Kier alpha value is -8.78. The Morgan fingerprint density at radius 1 is 0.217 bits per heavy atom. The molecule has 0 aromatic heterocycles. The van der Waals surface area contributed by atoms with Crippen molar-refractivity contribution in [3.05, 3.63) is 330 Å². The minimum Gasteiger partial charge on any atom is -0.310 e. The van der Waals surface area contributed by atoms with Crippen molar-refractivity contribution in [1.29, 1.82) is 0 Å². The first-order valence-electron chi connectivity index (χ1n) is 24.0. The summed E-state index contributed by atoms with van der Waals surface area (Å²) in [6.45, 7) is 0. The highest BCUT2D eigenvalue weighted by molar-refractivity contribution is 5.94. The van der Waals surface area contributed by atoms with Crippen LogP contribution in [-0.2, 0) is 10.8 Å². The third kappa shape index (κ3) is 6.24. The molecule has 0 bridgehead atoms. The van der Waals surface area contributed by atoms with Crippen molar-refractivity contribution in [2.45, 2.75) is 10.8 Å². The Morgan fingerprint density at radius 2 is 0.594 bits per heavy atom. The zero-order valence-electron chi connectivity index (χ0n) is 38.1. The maximum absolute atomic E-state index is 2.48. The fourth-order valence-corrected chi connectivity index (χ4v) is 12.0. The SMILES string of the molecule is c1ccc(-c2cccc(-c3ccccc3N(c3ccc(C4(c5ccccc5)c5ccccc5-c5ccccc54)cc3)c3ccc4c(c3)-c3ccccc3C4(c3ccccc3)c3ccccc3)c2)cc1. The standard InChI is InChI=1S/C68H47N/c1-5-22-48(23-6-1)49-24-21-25-50(46-49)57-32-16-20-39-66(57)69(55-42-40-54(41-43-55)68(53-30-11-4-12-31-53)62-36-17-13-33-58(62)59-34-14-18-37-63(59)68)56-44-45-65-61(47-56)60-35-15-19-38-64(60)67(65,51-26-7-2-8-27-51)52-28-9-3-10-29-52/h1-47H. The molecule has 0 amide bonds. The molecule has 0 saturated carbocycles. The molecule has 0 radical (unpaired) electrons. The van der Waals surface area contributed by atoms with Crippen molar-refractivity contribution < 1.29 is 0 Å². The third-order valence-corrected chi connectivity index (χ3v) is 14.8. The fraction of sp³-hybridized carbons (Fsp3) is 0.0294. The van der Waals surface area contributed by atoms with Crippen molar-refractivity contribution in [3.63, 3.8) is 0 Å². The molecule has 11 aromatic rings. The maximum Gasteiger partial charge on any atom is 0.0713 e. The van der Waals surface area contributed by atoms with Crippen LogP contribution in [0.4, 0.5) is 17.1 Å². The van der Waals surface area contributed by atoms with Gasteiger partial charge in [0.2, 0.25) is 0 Å². The summed E-state index contributed by atoms with van der Waals surface area (Å²) in [6, 6.07) is 105. The summed E-state index contributed by atoms with van der Waals surface area (Å²) in [5.74, 6) is 0. The van der Waals surface area contributed by atoms with E-state index in [2.05, 4.69) is 290 Å². The van der Waals surface area contributed by atoms with Crippen molar-refractivity contribution in [3.8, 4) is 44.5 Å². The highest BCUT2D eigenvalue weighted by Gasteiger charge is 2.47. The zero-order chi connectivity index (χ0) is 45.8. The van der Waals surface area contributed by atoms with Gasteiger partial charge >= 0.3 is 0 Å². The molecule has 0 saturated heterocycles. The number of para-hydroxylation sites is 1. The van der Waals surface area contributed by atoms with E-state index in [1.807, 2.05) is 0 Å². The molecule has 2 aliphatic carbocycles. The Kier molecular flexibility index (Phi) is 9.70. The predicted octanol–water partition coefficient (Wildman–Crippen LogP) is 17.2. The second kappa shape index (κ2) is 16.5. The Balaban J connectivity index is 1.04. The number of rotatable bonds is 9. The highest BCUT2D eigenvalue weighted by Crippen LogP contribution is 2.59. The topological polar surface area (TPSA) is 3.24 Å². The van der Waals surface area contributed by atoms with E-state index >= 15 is 0 Å². The average Bonchev–Trinajstić information content (AvgIpc) is 3.91. The van der Waals surface area contributed by atoms with Gasteiger partial charge in [-0.25, -0.2) is 0 Å². The number of nitrogens with zero attached hydrogens (tertiary/aromatic N) is 1. The molecule has 2 aliphatic rings. The highest BCUT2D eigenvalue weighted by atomic mass is 15.1. The molecular formula is C68H47N. The molecule has 13 rings (SSSR count). The van der Waals surface area contributed by atoms with Crippen LogP contribution in [0.3, 0.4) is 0 Å². The minimum absolute atomic E-state index is 0.491. The average molecular weight is 878 g/mol. The van der Waals surface area contributed by atoms with Gasteiger partial charge in [-0.15, -0.1) is 0 Å². The van der Waals surface area contributed by atoms with E-state index < -0.39 is 10.8 Å². The van der Waals surface area contributed by atoms with Gasteiger partial charge in [0.25, 0.3) is 0 Å². The number of benzene rings is 11.